The van der Waals surface area contributed by atoms with E-state index in [0.717, 1.165) is 103 Å². The molecule has 0 rings (SSSR count). The van der Waals surface area contributed by atoms with Crippen LogP contribution in [0, 0.1) is 0 Å². The lowest BCUT2D eigenvalue weighted by molar-refractivity contribution is -0.123. The van der Waals surface area contributed by atoms with Crippen LogP contribution in [-0.4, -0.2) is 34.9 Å². The zero-order valence-electron chi connectivity index (χ0n) is 28.1. The van der Waals surface area contributed by atoms with E-state index in [4.69, 9.17) is 0 Å². The van der Waals surface area contributed by atoms with E-state index < -0.39 is 12.1 Å². The molecule has 0 spiro atoms. The average molecular weight is 608 g/mol. The molecule has 0 saturated heterocycles. The van der Waals surface area contributed by atoms with Crippen LogP contribution in [0.15, 0.2) is 97.2 Å². The monoisotopic (exact) mass is 607 g/mol. The molecule has 0 heterocycles. The summed E-state index contributed by atoms with van der Waals surface area (Å²) in [7, 11) is 0. The molecule has 44 heavy (non-hydrogen) atoms. The van der Waals surface area contributed by atoms with Crippen LogP contribution >= 0.6 is 0 Å². The van der Waals surface area contributed by atoms with Crippen molar-refractivity contribution in [3.8, 4) is 0 Å². The molecule has 4 nitrogen and oxygen atoms in total. The van der Waals surface area contributed by atoms with Crippen molar-refractivity contribution in [3.63, 3.8) is 0 Å². The van der Waals surface area contributed by atoms with E-state index in [-0.39, 0.29) is 12.5 Å². The summed E-state index contributed by atoms with van der Waals surface area (Å²) in [6.45, 7) is 4.05. The highest BCUT2D eigenvalue weighted by molar-refractivity contribution is 5.76. The fourth-order valence-corrected chi connectivity index (χ4v) is 4.43. The van der Waals surface area contributed by atoms with Crippen LogP contribution in [-0.2, 0) is 4.79 Å². The second-order valence-electron chi connectivity index (χ2n) is 11.2. The van der Waals surface area contributed by atoms with Gasteiger partial charge in [-0.2, -0.15) is 0 Å². The van der Waals surface area contributed by atoms with Crippen molar-refractivity contribution in [3.05, 3.63) is 97.2 Å². The zero-order valence-corrected chi connectivity index (χ0v) is 28.1. The Balaban J connectivity index is 3.66. The standard InChI is InChI=1S/C40H65NO3/c1-3-5-7-8-9-10-11-12-13-14-15-16-17-18-19-20-21-22-23-24-25-26-27-28-29-30-31-32-34-36-40(44)41-38(37-42)39(43)35-33-6-4-2/h5,7,9-10,12-13,15-16,18-19,21-22,24-25,27-28,38-39,42-43H,3-4,6,8,11,14,17,20,23,26,29-37H2,1-2H3,(H,41,44)/b7-5-,10-9-,13-12-,16-15-,19-18-,22-21-,25-24-,28-27-. The largest absolute Gasteiger partial charge is 0.394 e. The highest BCUT2D eigenvalue weighted by Gasteiger charge is 2.19. The maximum absolute atomic E-state index is 12.1. The van der Waals surface area contributed by atoms with Gasteiger partial charge in [-0.25, -0.2) is 0 Å². The molecule has 0 bridgehead atoms. The summed E-state index contributed by atoms with van der Waals surface area (Å²) < 4.78 is 0. The molecule has 4 heteroatoms. The van der Waals surface area contributed by atoms with E-state index in [1.54, 1.807) is 0 Å². The van der Waals surface area contributed by atoms with Gasteiger partial charge in [0.05, 0.1) is 18.8 Å². The number of aliphatic hydroxyl groups is 2. The number of allylic oxidation sites excluding steroid dienone is 16. The molecule has 1 amide bonds. The zero-order chi connectivity index (χ0) is 32.2. The van der Waals surface area contributed by atoms with Crippen LogP contribution in [0.3, 0.4) is 0 Å². The summed E-state index contributed by atoms with van der Waals surface area (Å²) in [5.74, 6) is -0.0747. The molecule has 0 aliphatic rings. The predicted octanol–water partition coefficient (Wildman–Crippen LogP) is 10.3. The lowest BCUT2D eigenvalue weighted by Crippen LogP contribution is -2.45. The third-order valence-corrected chi connectivity index (χ3v) is 7.11. The van der Waals surface area contributed by atoms with Crippen LogP contribution in [0.25, 0.3) is 0 Å². The van der Waals surface area contributed by atoms with Gasteiger partial charge in [0.2, 0.25) is 5.91 Å². The Morgan fingerprint density at radius 1 is 0.568 bits per heavy atom. The SMILES string of the molecule is CC/C=C\C/C=C\C/C=C\C/C=C\C/C=C\C/C=C\C/C=C\C/C=C\CCCCCCC(=O)NC(CO)C(O)CCCCC. The normalized spacial score (nSPS) is 14.4. The second kappa shape index (κ2) is 34.8. The van der Waals surface area contributed by atoms with Gasteiger partial charge >= 0.3 is 0 Å². The third-order valence-electron chi connectivity index (χ3n) is 7.11. The van der Waals surface area contributed by atoms with Crippen molar-refractivity contribution >= 4 is 5.91 Å². The van der Waals surface area contributed by atoms with Gasteiger partial charge in [0.15, 0.2) is 0 Å². The first-order chi connectivity index (χ1) is 21.7. The van der Waals surface area contributed by atoms with Crippen LogP contribution in [0.5, 0.6) is 0 Å². The lowest BCUT2D eigenvalue weighted by Gasteiger charge is -2.22. The van der Waals surface area contributed by atoms with Crippen LogP contribution < -0.4 is 5.32 Å². The maximum atomic E-state index is 12.1. The molecule has 0 aromatic rings. The number of hydrogen-bond donors (Lipinski definition) is 3. The number of hydrogen-bond acceptors (Lipinski definition) is 3. The lowest BCUT2D eigenvalue weighted by atomic mass is 10.0. The molecule has 2 atom stereocenters. The van der Waals surface area contributed by atoms with E-state index >= 15 is 0 Å². The summed E-state index contributed by atoms with van der Waals surface area (Å²) in [6, 6.07) is -0.552. The Morgan fingerprint density at radius 3 is 1.43 bits per heavy atom. The van der Waals surface area contributed by atoms with Crippen molar-refractivity contribution in [1.29, 1.82) is 0 Å². The van der Waals surface area contributed by atoms with Crippen molar-refractivity contribution < 1.29 is 15.0 Å². The number of carbonyl (C=O) groups excluding carboxylic acids is 1. The second-order valence-corrected chi connectivity index (χ2v) is 11.2. The molecule has 248 valence electrons. The molecule has 3 N–H and O–H groups in total. The third kappa shape index (κ3) is 30.8. The first-order valence-electron chi connectivity index (χ1n) is 17.4. The summed E-state index contributed by atoms with van der Waals surface area (Å²) in [4.78, 5) is 12.1. The van der Waals surface area contributed by atoms with Gasteiger partial charge in [-0.15, -0.1) is 0 Å². The molecule has 0 saturated carbocycles. The molecule has 2 unspecified atom stereocenters. The Kier molecular flexibility index (Phi) is 32.7. The Morgan fingerprint density at radius 2 is 1.00 bits per heavy atom. The molecule has 0 aromatic carbocycles. The first kappa shape index (κ1) is 41.3. The number of nitrogens with one attached hydrogen (secondary N) is 1. The Bertz CT molecular complexity index is 875. The minimum atomic E-state index is -0.672. The molecule has 0 aromatic heterocycles. The van der Waals surface area contributed by atoms with Gasteiger partial charge in [0, 0.05) is 6.42 Å². The van der Waals surface area contributed by atoms with Gasteiger partial charge < -0.3 is 15.5 Å². The summed E-state index contributed by atoms with van der Waals surface area (Å²) >= 11 is 0. The number of unbranched alkanes of at least 4 members (excludes halogenated alkanes) is 6. The van der Waals surface area contributed by atoms with Gasteiger partial charge in [-0.1, -0.05) is 143 Å². The van der Waals surface area contributed by atoms with Crippen LogP contribution in [0.2, 0.25) is 0 Å². The van der Waals surface area contributed by atoms with Crippen molar-refractivity contribution in [2.45, 2.75) is 142 Å². The summed E-state index contributed by atoms with van der Waals surface area (Å²) in [5.41, 5.74) is 0. The minimum absolute atomic E-state index is 0.0747. The van der Waals surface area contributed by atoms with Crippen molar-refractivity contribution in [2.75, 3.05) is 6.61 Å². The molecular weight excluding hydrogens is 542 g/mol. The van der Waals surface area contributed by atoms with Gasteiger partial charge in [-0.3, -0.25) is 4.79 Å². The van der Waals surface area contributed by atoms with Crippen LogP contribution in [0.1, 0.15) is 129 Å². The van der Waals surface area contributed by atoms with E-state index in [1.807, 2.05) is 0 Å². The number of aliphatic hydroxyl groups excluding tert-OH is 2. The van der Waals surface area contributed by atoms with Gasteiger partial charge in [0.25, 0.3) is 0 Å². The highest BCUT2D eigenvalue weighted by Crippen LogP contribution is 2.09. The topological polar surface area (TPSA) is 69.6 Å². The molecule has 0 aliphatic heterocycles. The number of carbonyl (C=O) groups is 1. The highest BCUT2D eigenvalue weighted by atomic mass is 16.3. The number of amides is 1. The fraction of sp³-hybridized carbons (Fsp3) is 0.575. The first-order valence-corrected chi connectivity index (χ1v) is 17.4. The maximum Gasteiger partial charge on any atom is 0.220 e. The Labute approximate surface area is 271 Å². The fourth-order valence-electron chi connectivity index (χ4n) is 4.43. The summed E-state index contributed by atoms with van der Waals surface area (Å²) in [6.07, 6.45) is 52.3. The summed E-state index contributed by atoms with van der Waals surface area (Å²) in [5, 5.41) is 22.5. The average Bonchev–Trinajstić information content (AvgIpc) is 3.02. The van der Waals surface area contributed by atoms with E-state index in [0.29, 0.717) is 12.8 Å². The Hall–Kier alpha value is -2.69. The van der Waals surface area contributed by atoms with Crippen LogP contribution in [0.4, 0.5) is 0 Å². The van der Waals surface area contributed by atoms with Crippen molar-refractivity contribution in [1.82, 2.24) is 5.32 Å². The predicted molar refractivity (Wildman–Crippen MR) is 193 cm³/mol. The molecule has 0 radical (unpaired) electrons. The van der Waals surface area contributed by atoms with Gasteiger partial charge in [-0.05, 0) is 77.0 Å². The molecule has 0 aliphatic carbocycles. The van der Waals surface area contributed by atoms with E-state index in [9.17, 15) is 15.0 Å². The smallest absolute Gasteiger partial charge is 0.220 e. The quantitative estimate of drug-likeness (QED) is 0.0585. The van der Waals surface area contributed by atoms with Crippen molar-refractivity contribution in [2.24, 2.45) is 0 Å². The van der Waals surface area contributed by atoms with E-state index in [2.05, 4.69) is 116 Å². The number of rotatable bonds is 29. The van der Waals surface area contributed by atoms with Gasteiger partial charge in [0.1, 0.15) is 0 Å². The molecule has 0 fully saturated rings. The minimum Gasteiger partial charge on any atom is -0.394 e. The van der Waals surface area contributed by atoms with E-state index in [1.165, 1.54) is 0 Å². The molecular formula is C40H65NO3.